The van der Waals surface area contributed by atoms with E-state index in [4.69, 9.17) is 4.74 Å². The molecule has 0 aromatic heterocycles. The van der Waals surface area contributed by atoms with Gasteiger partial charge >= 0.3 is 5.97 Å². The third-order valence-electron chi connectivity index (χ3n) is 6.75. The van der Waals surface area contributed by atoms with Crippen LogP contribution in [0.4, 0.5) is 0 Å². The third-order valence-corrected chi connectivity index (χ3v) is 6.75. The zero-order valence-corrected chi connectivity index (χ0v) is 12.0. The average molecular weight is 248 g/mol. The number of carbonyl (C=O) groups is 1. The molecular formula is C16H24O2. The molecule has 3 unspecified atom stereocenters. The van der Waals surface area contributed by atoms with Gasteiger partial charge in [-0.1, -0.05) is 19.9 Å². The normalized spacial score (nSPS) is 48.4. The molecule has 3 atom stereocenters. The summed E-state index contributed by atoms with van der Waals surface area (Å²) in [6, 6.07) is 0. The molecule has 0 aliphatic heterocycles. The Labute approximate surface area is 110 Å². The fraction of sp³-hybridized carbons (Fsp3) is 0.812. The van der Waals surface area contributed by atoms with Crippen LogP contribution in [0, 0.1) is 28.6 Å². The van der Waals surface area contributed by atoms with E-state index in [-0.39, 0.29) is 5.97 Å². The van der Waals surface area contributed by atoms with Gasteiger partial charge in [0.15, 0.2) is 0 Å². The highest BCUT2D eigenvalue weighted by atomic mass is 16.5. The number of hydrogen-bond acceptors (Lipinski definition) is 2. The second-order valence-corrected chi connectivity index (χ2v) is 7.00. The maximum atomic E-state index is 11.3. The fourth-order valence-electron chi connectivity index (χ4n) is 5.34. The minimum absolute atomic E-state index is 0.189. The van der Waals surface area contributed by atoms with Crippen LogP contribution in [0.2, 0.25) is 0 Å². The Morgan fingerprint density at radius 1 is 1.33 bits per heavy atom. The van der Waals surface area contributed by atoms with E-state index < -0.39 is 0 Å². The third kappa shape index (κ3) is 1.27. The number of allylic oxidation sites excluding steroid dienone is 1. The molecule has 0 saturated heterocycles. The smallest absolute Gasteiger partial charge is 0.333 e. The molecule has 0 N–H and O–H groups in total. The van der Waals surface area contributed by atoms with Crippen LogP contribution < -0.4 is 0 Å². The van der Waals surface area contributed by atoms with Crippen molar-refractivity contribution in [1.29, 1.82) is 0 Å². The summed E-state index contributed by atoms with van der Waals surface area (Å²) in [5, 5.41) is 0. The highest BCUT2D eigenvalue weighted by Gasteiger charge is 2.80. The van der Waals surface area contributed by atoms with Crippen molar-refractivity contribution in [2.45, 2.75) is 46.5 Å². The van der Waals surface area contributed by atoms with Crippen LogP contribution in [0.15, 0.2) is 11.6 Å². The SMILES string of the molecule is COC(=O)C(C)=CCCC1(C)C2CC3C(C2)C31C. The van der Waals surface area contributed by atoms with Crippen LogP contribution in [-0.4, -0.2) is 13.1 Å². The van der Waals surface area contributed by atoms with Gasteiger partial charge in [0.25, 0.3) is 0 Å². The van der Waals surface area contributed by atoms with E-state index in [1.54, 1.807) is 0 Å². The zero-order chi connectivity index (χ0) is 13.1. The highest BCUT2D eigenvalue weighted by molar-refractivity contribution is 5.87. The van der Waals surface area contributed by atoms with Gasteiger partial charge in [-0.25, -0.2) is 4.79 Å². The Kier molecular flexibility index (Phi) is 2.46. The van der Waals surface area contributed by atoms with Crippen LogP contribution in [0.5, 0.6) is 0 Å². The molecule has 4 bridgehead atoms. The Morgan fingerprint density at radius 2 is 1.94 bits per heavy atom. The van der Waals surface area contributed by atoms with E-state index in [9.17, 15) is 4.79 Å². The Balaban J connectivity index is 1.64. The molecule has 2 nitrogen and oxygen atoms in total. The number of rotatable bonds is 4. The van der Waals surface area contributed by atoms with Gasteiger partial charge in [0.05, 0.1) is 7.11 Å². The lowest BCUT2D eigenvalue weighted by molar-refractivity contribution is -0.136. The summed E-state index contributed by atoms with van der Waals surface area (Å²) in [6.07, 6.45) is 7.25. The van der Waals surface area contributed by atoms with Crippen molar-refractivity contribution in [3.8, 4) is 0 Å². The number of esters is 1. The van der Waals surface area contributed by atoms with Gasteiger partial charge in [0, 0.05) is 5.57 Å². The fourth-order valence-corrected chi connectivity index (χ4v) is 5.34. The number of carbonyl (C=O) groups excluding carboxylic acids is 1. The van der Waals surface area contributed by atoms with Crippen molar-refractivity contribution < 1.29 is 9.53 Å². The first kappa shape index (κ1) is 12.3. The Hall–Kier alpha value is -0.790. The Bertz CT molecular complexity index is 411. The lowest BCUT2D eigenvalue weighted by Crippen LogP contribution is -2.26. The first-order valence-electron chi connectivity index (χ1n) is 7.20. The van der Waals surface area contributed by atoms with Gasteiger partial charge in [0.2, 0.25) is 0 Å². The summed E-state index contributed by atoms with van der Waals surface area (Å²) in [5.41, 5.74) is 1.91. The van der Waals surface area contributed by atoms with E-state index in [0.29, 0.717) is 10.8 Å². The predicted octanol–water partition coefficient (Wildman–Crippen LogP) is 3.57. The molecule has 4 aliphatic carbocycles. The monoisotopic (exact) mass is 248 g/mol. The summed E-state index contributed by atoms with van der Waals surface area (Å²) in [4.78, 5) is 11.3. The molecule has 18 heavy (non-hydrogen) atoms. The van der Waals surface area contributed by atoms with Crippen molar-refractivity contribution in [2.24, 2.45) is 28.6 Å². The standard InChI is InChI=1S/C16H24O2/c1-10(14(17)18-4)6-5-7-15(2)11-8-12-13(9-11)16(12,15)3/h6,11-13H,5,7-9H2,1-4H3. The molecule has 4 saturated carbocycles. The van der Waals surface area contributed by atoms with Crippen LogP contribution in [0.3, 0.4) is 0 Å². The van der Waals surface area contributed by atoms with Crippen molar-refractivity contribution in [2.75, 3.05) is 7.11 Å². The summed E-state index contributed by atoms with van der Waals surface area (Å²) >= 11 is 0. The molecule has 100 valence electrons. The van der Waals surface area contributed by atoms with E-state index in [0.717, 1.165) is 29.7 Å². The first-order chi connectivity index (χ1) is 8.45. The van der Waals surface area contributed by atoms with Crippen molar-refractivity contribution in [3.63, 3.8) is 0 Å². The van der Waals surface area contributed by atoms with Crippen molar-refractivity contribution >= 4 is 5.97 Å². The van der Waals surface area contributed by atoms with Gasteiger partial charge in [-0.3, -0.25) is 0 Å². The van der Waals surface area contributed by atoms with Gasteiger partial charge < -0.3 is 4.74 Å². The van der Waals surface area contributed by atoms with Crippen LogP contribution in [0.25, 0.3) is 0 Å². The maximum Gasteiger partial charge on any atom is 0.333 e. The molecule has 0 aromatic carbocycles. The molecule has 4 aliphatic rings. The Morgan fingerprint density at radius 3 is 2.39 bits per heavy atom. The zero-order valence-electron chi connectivity index (χ0n) is 12.0. The molecule has 0 amide bonds. The summed E-state index contributed by atoms with van der Waals surface area (Å²) in [5.74, 6) is 2.81. The van der Waals surface area contributed by atoms with E-state index >= 15 is 0 Å². The van der Waals surface area contributed by atoms with E-state index in [1.165, 1.54) is 26.4 Å². The van der Waals surface area contributed by atoms with Crippen molar-refractivity contribution in [3.05, 3.63) is 11.6 Å². The van der Waals surface area contributed by atoms with Crippen LogP contribution in [-0.2, 0) is 9.53 Å². The number of hydrogen-bond donors (Lipinski definition) is 0. The molecule has 0 heterocycles. The summed E-state index contributed by atoms with van der Waals surface area (Å²) in [6.45, 7) is 6.85. The van der Waals surface area contributed by atoms with Crippen LogP contribution in [0.1, 0.15) is 46.5 Å². The van der Waals surface area contributed by atoms with Gasteiger partial charge in [-0.2, -0.15) is 0 Å². The number of ether oxygens (including phenoxy) is 1. The molecule has 4 fully saturated rings. The number of methoxy groups -OCH3 is 1. The molecule has 4 rings (SSSR count). The summed E-state index contributed by atoms with van der Waals surface area (Å²) < 4.78 is 4.73. The highest BCUT2D eigenvalue weighted by Crippen LogP contribution is 2.87. The maximum absolute atomic E-state index is 11.3. The van der Waals surface area contributed by atoms with Gasteiger partial charge in [0.1, 0.15) is 0 Å². The van der Waals surface area contributed by atoms with E-state index in [2.05, 4.69) is 19.9 Å². The topological polar surface area (TPSA) is 26.3 Å². The summed E-state index contributed by atoms with van der Waals surface area (Å²) in [7, 11) is 1.45. The molecule has 0 aromatic rings. The molecule has 0 radical (unpaired) electrons. The average Bonchev–Trinajstić information content (AvgIpc) is 2.72. The van der Waals surface area contributed by atoms with Gasteiger partial charge in [-0.15, -0.1) is 0 Å². The quantitative estimate of drug-likeness (QED) is 0.561. The van der Waals surface area contributed by atoms with Crippen LogP contribution >= 0.6 is 0 Å². The molecular weight excluding hydrogens is 224 g/mol. The minimum Gasteiger partial charge on any atom is -0.466 e. The largest absolute Gasteiger partial charge is 0.466 e. The minimum atomic E-state index is -0.189. The van der Waals surface area contributed by atoms with Crippen molar-refractivity contribution in [1.82, 2.24) is 0 Å². The van der Waals surface area contributed by atoms with Gasteiger partial charge in [-0.05, 0) is 61.2 Å². The first-order valence-corrected chi connectivity index (χ1v) is 7.20. The lowest BCUT2D eigenvalue weighted by Gasteiger charge is -2.34. The molecule has 0 spiro atoms. The lowest BCUT2D eigenvalue weighted by atomic mass is 9.71. The predicted molar refractivity (Wildman–Crippen MR) is 70.9 cm³/mol. The second kappa shape index (κ2) is 3.61. The second-order valence-electron chi connectivity index (χ2n) is 7.00. The molecule has 2 heteroatoms. The van der Waals surface area contributed by atoms with E-state index in [1.807, 2.05) is 6.92 Å².